The zero-order chi connectivity index (χ0) is 14.8. The van der Waals surface area contributed by atoms with Crippen LogP contribution >= 0.6 is 0 Å². The van der Waals surface area contributed by atoms with Crippen molar-refractivity contribution in [1.29, 1.82) is 0 Å². The van der Waals surface area contributed by atoms with Crippen LogP contribution in [-0.2, 0) is 10.0 Å². The van der Waals surface area contributed by atoms with E-state index in [1.54, 1.807) is 0 Å². The first kappa shape index (κ1) is 15.3. The fraction of sp³-hybridized carbons (Fsp3) is 0.500. The van der Waals surface area contributed by atoms with Gasteiger partial charge >= 0.3 is 0 Å². The van der Waals surface area contributed by atoms with E-state index in [0.717, 1.165) is 19.4 Å². The highest BCUT2D eigenvalue weighted by molar-refractivity contribution is 7.89. The van der Waals surface area contributed by atoms with Crippen molar-refractivity contribution >= 4 is 10.0 Å². The molecule has 4 nitrogen and oxygen atoms in total. The summed E-state index contributed by atoms with van der Waals surface area (Å²) in [7, 11) is -4.36. The van der Waals surface area contributed by atoms with Gasteiger partial charge in [0.05, 0.1) is 0 Å². The Balaban J connectivity index is 2.26. The third-order valence-corrected chi connectivity index (χ3v) is 4.67. The lowest BCUT2D eigenvalue weighted by atomic mass is 10.2. The lowest BCUT2D eigenvalue weighted by molar-refractivity contribution is 0.482. The molecule has 2 N–H and O–H groups in total. The van der Waals surface area contributed by atoms with Crippen molar-refractivity contribution in [3.8, 4) is 0 Å². The molecule has 2 rings (SSSR count). The third kappa shape index (κ3) is 3.50. The van der Waals surface area contributed by atoms with Gasteiger partial charge in [0, 0.05) is 24.7 Å². The molecular weight excluding hydrogens is 293 g/mol. The molecule has 0 aliphatic carbocycles. The molecule has 0 radical (unpaired) electrons. The molecule has 0 bridgehead atoms. The summed E-state index contributed by atoms with van der Waals surface area (Å²) in [5, 5.41) is 3.04. The highest BCUT2D eigenvalue weighted by atomic mass is 32.2. The maximum Gasteiger partial charge on any atom is 0.246 e. The predicted molar refractivity (Wildman–Crippen MR) is 67.1 cm³/mol. The summed E-state index contributed by atoms with van der Waals surface area (Å²) in [5.41, 5.74) is 0. The van der Waals surface area contributed by atoms with Gasteiger partial charge in [0.1, 0.15) is 17.5 Å². The van der Waals surface area contributed by atoms with E-state index < -0.39 is 38.4 Å². The molecule has 0 aromatic heterocycles. The first-order valence-electron chi connectivity index (χ1n) is 6.28. The molecule has 0 amide bonds. The van der Waals surface area contributed by atoms with E-state index >= 15 is 0 Å². The number of benzene rings is 1. The minimum Gasteiger partial charge on any atom is -0.315 e. The summed E-state index contributed by atoms with van der Waals surface area (Å²) in [6.45, 7) is 1.17. The number of sulfonamides is 1. The van der Waals surface area contributed by atoms with Crippen molar-refractivity contribution in [2.45, 2.75) is 30.2 Å². The zero-order valence-electron chi connectivity index (χ0n) is 10.6. The maximum atomic E-state index is 13.5. The molecule has 1 aliphatic heterocycles. The topological polar surface area (TPSA) is 58.2 Å². The van der Waals surface area contributed by atoms with Crippen molar-refractivity contribution in [2.24, 2.45) is 0 Å². The second kappa shape index (κ2) is 6.11. The van der Waals surface area contributed by atoms with Crippen molar-refractivity contribution in [3.63, 3.8) is 0 Å². The van der Waals surface area contributed by atoms with Crippen molar-refractivity contribution in [1.82, 2.24) is 10.0 Å². The Labute approximate surface area is 115 Å². The Hall–Kier alpha value is -1.12. The Morgan fingerprint density at radius 2 is 1.80 bits per heavy atom. The molecule has 8 heteroatoms. The molecule has 0 saturated carbocycles. The molecule has 1 fully saturated rings. The highest BCUT2D eigenvalue weighted by Crippen LogP contribution is 2.21. The SMILES string of the molecule is O=S(=O)(NC1CCCCNC1)c1c(F)cc(F)cc1F. The number of hydrogen-bond donors (Lipinski definition) is 2. The van der Waals surface area contributed by atoms with Gasteiger partial charge in [-0.2, -0.15) is 0 Å². The Morgan fingerprint density at radius 3 is 2.45 bits per heavy atom. The summed E-state index contributed by atoms with van der Waals surface area (Å²) in [6.07, 6.45) is 2.31. The molecule has 0 spiro atoms. The number of halogens is 3. The van der Waals surface area contributed by atoms with Gasteiger partial charge in [-0.3, -0.25) is 0 Å². The lowest BCUT2D eigenvalue weighted by Gasteiger charge is -2.17. The fourth-order valence-electron chi connectivity index (χ4n) is 2.18. The van der Waals surface area contributed by atoms with Crippen LogP contribution in [0.15, 0.2) is 17.0 Å². The summed E-state index contributed by atoms with van der Waals surface area (Å²) in [6, 6.07) is 0.262. The normalized spacial score (nSPS) is 20.6. The first-order chi connectivity index (χ1) is 9.40. The van der Waals surface area contributed by atoms with Crippen LogP contribution in [-0.4, -0.2) is 27.5 Å². The van der Waals surface area contributed by atoms with Crippen molar-refractivity contribution < 1.29 is 21.6 Å². The van der Waals surface area contributed by atoms with Crippen LogP contribution in [0.5, 0.6) is 0 Å². The number of nitrogens with one attached hydrogen (secondary N) is 2. The minimum absolute atomic E-state index is 0.350. The summed E-state index contributed by atoms with van der Waals surface area (Å²) in [5.74, 6) is -4.02. The first-order valence-corrected chi connectivity index (χ1v) is 7.76. The van der Waals surface area contributed by atoms with Crippen molar-refractivity contribution in [2.75, 3.05) is 13.1 Å². The molecule has 1 atom stereocenters. The summed E-state index contributed by atoms with van der Waals surface area (Å²) in [4.78, 5) is -1.14. The van der Waals surface area contributed by atoms with Crippen LogP contribution in [0.1, 0.15) is 19.3 Å². The number of rotatable bonds is 3. The maximum absolute atomic E-state index is 13.5. The average Bonchev–Trinajstić information content (AvgIpc) is 2.54. The molecule has 1 unspecified atom stereocenters. The van der Waals surface area contributed by atoms with Crippen LogP contribution in [0.2, 0.25) is 0 Å². The van der Waals surface area contributed by atoms with Gasteiger partial charge in [0.15, 0.2) is 4.90 Å². The largest absolute Gasteiger partial charge is 0.315 e. The third-order valence-electron chi connectivity index (χ3n) is 3.10. The fourth-order valence-corrected chi connectivity index (χ4v) is 3.57. The molecule has 1 saturated heterocycles. The van der Waals surface area contributed by atoms with Gasteiger partial charge < -0.3 is 5.32 Å². The average molecular weight is 308 g/mol. The zero-order valence-corrected chi connectivity index (χ0v) is 11.4. The van der Waals surface area contributed by atoms with Gasteiger partial charge in [-0.1, -0.05) is 6.42 Å². The van der Waals surface area contributed by atoms with E-state index in [-0.39, 0.29) is 0 Å². The lowest BCUT2D eigenvalue weighted by Crippen LogP contribution is -2.41. The number of hydrogen-bond acceptors (Lipinski definition) is 3. The van der Waals surface area contributed by atoms with E-state index in [1.165, 1.54) is 0 Å². The molecule has 1 aromatic carbocycles. The smallest absolute Gasteiger partial charge is 0.246 e. The van der Waals surface area contributed by atoms with Crippen molar-refractivity contribution in [3.05, 3.63) is 29.6 Å². The second-order valence-electron chi connectivity index (χ2n) is 4.72. The van der Waals surface area contributed by atoms with Crippen LogP contribution in [0.3, 0.4) is 0 Å². The van der Waals surface area contributed by atoms with Gasteiger partial charge in [-0.05, 0) is 19.4 Å². The predicted octanol–water partition coefficient (Wildman–Crippen LogP) is 1.52. The van der Waals surface area contributed by atoms with E-state index in [9.17, 15) is 21.6 Å². The summed E-state index contributed by atoms with van der Waals surface area (Å²) < 4.78 is 66.2. The van der Waals surface area contributed by atoms with Gasteiger partial charge in [0.2, 0.25) is 10.0 Å². The van der Waals surface area contributed by atoms with Crippen LogP contribution in [0.4, 0.5) is 13.2 Å². The van der Waals surface area contributed by atoms with Gasteiger partial charge in [0.25, 0.3) is 0 Å². The minimum atomic E-state index is -4.36. The molecule has 20 heavy (non-hydrogen) atoms. The molecule has 1 aliphatic rings. The van der Waals surface area contributed by atoms with Crippen LogP contribution in [0.25, 0.3) is 0 Å². The molecule has 112 valence electrons. The summed E-state index contributed by atoms with van der Waals surface area (Å²) >= 11 is 0. The molecular formula is C12H15F3N2O2S. The van der Waals surface area contributed by atoms with Gasteiger partial charge in [-0.25, -0.2) is 26.3 Å². The van der Waals surface area contributed by atoms with Crippen LogP contribution in [0, 0.1) is 17.5 Å². The Morgan fingerprint density at radius 1 is 1.15 bits per heavy atom. The molecule has 1 aromatic rings. The second-order valence-corrected chi connectivity index (χ2v) is 6.37. The Kier molecular flexibility index (Phi) is 4.66. The highest BCUT2D eigenvalue weighted by Gasteiger charge is 2.28. The van der Waals surface area contributed by atoms with E-state index in [0.29, 0.717) is 25.1 Å². The Bertz CT molecular complexity index is 561. The van der Waals surface area contributed by atoms with Crippen LogP contribution < -0.4 is 10.0 Å². The van der Waals surface area contributed by atoms with E-state index in [2.05, 4.69) is 10.0 Å². The standard InChI is InChI=1S/C12H15F3N2O2S/c13-8-5-10(14)12(11(15)6-8)20(18,19)17-9-3-1-2-4-16-7-9/h5-6,9,16-17H,1-4,7H2. The quantitative estimate of drug-likeness (QED) is 0.890. The van der Waals surface area contributed by atoms with E-state index in [1.807, 2.05) is 0 Å². The van der Waals surface area contributed by atoms with Gasteiger partial charge in [-0.15, -0.1) is 0 Å². The monoisotopic (exact) mass is 308 g/mol. The van der Waals surface area contributed by atoms with E-state index in [4.69, 9.17) is 0 Å². The molecule has 1 heterocycles.